The zero-order valence-corrected chi connectivity index (χ0v) is 19.1. The lowest BCUT2D eigenvalue weighted by molar-refractivity contribution is 0.0984. The lowest BCUT2D eigenvalue weighted by Gasteiger charge is -2.23. The molecule has 0 saturated carbocycles. The Morgan fingerprint density at radius 2 is 1.85 bits per heavy atom. The fourth-order valence-corrected chi connectivity index (χ4v) is 4.48. The van der Waals surface area contributed by atoms with Crippen LogP contribution in [0.4, 0.5) is 15.8 Å². The number of hydrogen-bond acceptors (Lipinski definition) is 2. The van der Waals surface area contributed by atoms with Gasteiger partial charge >= 0.3 is 0 Å². The molecular weight excluding hydrogens is 455 g/mol. The number of amides is 2. The number of nitrogens with zero attached hydrogens (tertiary/aromatic N) is 2. The molecule has 1 aromatic heterocycles. The third-order valence-electron chi connectivity index (χ3n) is 6.01. The van der Waals surface area contributed by atoms with E-state index in [0.29, 0.717) is 29.9 Å². The van der Waals surface area contributed by atoms with E-state index in [4.69, 9.17) is 11.6 Å². The van der Waals surface area contributed by atoms with Crippen LogP contribution in [0.5, 0.6) is 0 Å². The maximum absolute atomic E-state index is 13.6. The average molecular weight is 476 g/mol. The molecule has 0 bridgehead atoms. The average Bonchev–Trinajstić information content (AvgIpc) is 3.19. The molecule has 0 atom stereocenters. The maximum atomic E-state index is 13.6. The van der Waals surface area contributed by atoms with Crippen LogP contribution in [0, 0.1) is 12.7 Å². The van der Waals surface area contributed by atoms with Crippen LogP contribution in [0.1, 0.15) is 37.5 Å². The molecule has 0 unspecified atom stereocenters. The van der Waals surface area contributed by atoms with E-state index in [9.17, 15) is 14.0 Å². The van der Waals surface area contributed by atoms with E-state index in [0.717, 1.165) is 16.9 Å². The van der Waals surface area contributed by atoms with Gasteiger partial charge in [0, 0.05) is 35.4 Å². The van der Waals surface area contributed by atoms with E-state index in [2.05, 4.69) is 9.88 Å². The number of rotatable bonds is 3. The van der Waals surface area contributed by atoms with Gasteiger partial charge in [-0.05, 0) is 66.6 Å². The van der Waals surface area contributed by atoms with Crippen LogP contribution in [0.2, 0.25) is 5.02 Å². The molecule has 5 rings (SSSR count). The molecule has 0 radical (unpaired) electrons. The van der Waals surface area contributed by atoms with Crippen molar-refractivity contribution in [3.8, 4) is 0 Å². The van der Waals surface area contributed by atoms with Gasteiger partial charge in [0.1, 0.15) is 5.82 Å². The molecule has 34 heavy (non-hydrogen) atoms. The number of fused-ring (bicyclic) bond motifs is 2. The van der Waals surface area contributed by atoms with E-state index in [1.807, 2.05) is 42.6 Å². The quantitative estimate of drug-likeness (QED) is 0.392. The van der Waals surface area contributed by atoms with Crippen LogP contribution < -0.4 is 10.2 Å². The summed E-state index contributed by atoms with van der Waals surface area (Å²) in [7, 11) is 0. The Hall–Kier alpha value is -3.90. The topological polar surface area (TPSA) is 54.3 Å². The molecule has 2 heterocycles. The van der Waals surface area contributed by atoms with Gasteiger partial charge in [0.15, 0.2) is 0 Å². The minimum Gasteiger partial charge on any atom is -0.345 e. The van der Waals surface area contributed by atoms with Crippen molar-refractivity contribution in [1.29, 1.82) is 0 Å². The Kier molecular flexibility index (Phi) is 5.67. The van der Waals surface area contributed by atoms with Gasteiger partial charge in [0.05, 0.1) is 17.1 Å². The van der Waals surface area contributed by atoms with E-state index >= 15 is 0 Å². The first-order valence-corrected chi connectivity index (χ1v) is 11.2. The molecule has 4 aromatic rings. The van der Waals surface area contributed by atoms with Crippen LogP contribution in [-0.2, 0) is 13.1 Å². The summed E-state index contributed by atoms with van der Waals surface area (Å²) in [6.45, 7) is 2.83. The summed E-state index contributed by atoms with van der Waals surface area (Å²) in [4.78, 5) is 28.0. The number of carbonyl (C=O) groups excluding carboxylic acids is 2. The highest BCUT2D eigenvalue weighted by atomic mass is 35.5. The van der Waals surface area contributed by atoms with E-state index in [1.165, 1.54) is 18.2 Å². The van der Waals surface area contributed by atoms with Crippen molar-refractivity contribution in [2.24, 2.45) is 0 Å². The van der Waals surface area contributed by atoms with Crippen LogP contribution in [0.15, 0.2) is 79.0 Å². The molecule has 2 amide bonds. The maximum Gasteiger partial charge on any atom is 0.260 e. The molecule has 170 valence electrons. The van der Waals surface area contributed by atoms with Crippen molar-refractivity contribution in [2.75, 3.05) is 10.2 Å². The van der Waals surface area contributed by atoms with E-state index in [-0.39, 0.29) is 16.5 Å². The second-order valence-corrected chi connectivity index (χ2v) is 8.66. The summed E-state index contributed by atoms with van der Waals surface area (Å²) in [6, 6.07) is 20.6. The molecular formula is C27H21ClFN3O2. The van der Waals surface area contributed by atoms with Crippen molar-refractivity contribution >= 4 is 34.8 Å². The summed E-state index contributed by atoms with van der Waals surface area (Å²) in [5, 5.41) is 2.95. The summed E-state index contributed by atoms with van der Waals surface area (Å²) in [5.41, 5.74) is 4.54. The van der Waals surface area contributed by atoms with Crippen molar-refractivity contribution in [2.45, 2.75) is 20.0 Å². The molecule has 7 heteroatoms. The minimum atomic E-state index is -0.487. The Bertz CT molecular complexity index is 1430. The summed E-state index contributed by atoms with van der Waals surface area (Å²) < 4.78 is 15.7. The molecule has 1 aliphatic rings. The van der Waals surface area contributed by atoms with Gasteiger partial charge in [0.25, 0.3) is 11.8 Å². The molecule has 0 fully saturated rings. The summed E-state index contributed by atoms with van der Waals surface area (Å²) in [6.07, 6.45) is 2.00. The highest BCUT2D eigenvalue weighted by Crippen LogP contribution is 2.31. The highest BCUT2D eigenvalue weighted by molar-refractivity contribution is 6.35. The number of anilines is 2. The second-order valence-electron chi connectivity index (χ2n) is 8.26. The first-order valence-electron chi connectivity index (χ1n) is 10.8. The van der Waals surface area contributed by atoms with Gasteiger partial charge < -0.3 is 14.8 Å². The third-order valence-corrected chi connectivity index (χ3v) is 6.33. The summed E-state index contributed by atoms with van der Waals surface area (Å²) in [5.74, 6) is -1.17. The normalized spacial score (nSPS) is 12.5. The first-order chi connectivity index (χ1) is 16.4. The van der Waals surface area contributed by atoms with Crippen LogP contribution in [0.25, 0.3) is 0 Å². The number of benzene rings is 3. The zero-order chi connectivity index (χ0) is 23.8. The number of aromatic nitrogens is 1. The number of carbonyl (C=O) groups is 2. The number of halogens is 2. The Labute approximate surface area is 201 Å². The number of nitrogens with one attached hydrogen (secondary N) is 1. The molecule has 3 aromatic carbocycles. The van der Waals surface area contributed by atoms with Crippen molar-refractivity contribution in [3.63, 3.8) is 0 Å². The molecule has 0 saturated heterocycles. The van der Waals surface area contributed by atoms with Gasteiger partial charge in [0.2, 0.25) is 0 Å². The SMILES string of the molecule is Cc1ccc(F)cc1[14C](=O)Nc1ccc(C(=O)N2Cc3cccn3Cc3ccccc32)c(Cl)c1. The van der Waals surface area contributed by atoms with Gasteiger partial charge in [-0.25, -0.2) is 4.39 Å². The number of aryl methyl sites for hydroxylation is 1. The molecule has 1 aliphatic heterocycles. The molecule has 5 nitrogen and oxygen atoms in total. The molecule has 1 N–H and O–H groups in total. The van der Waals surface area contributed by atoms with E-state index in [1.54, 1.807) is 30.0 Å². The highest BCUT2D eigenvalue weighted by Gasteiger charge is 2.26. The monoisotopic (exact) mass is 475 g/mol. The van der Waals surface area contributed by atoms with Crippen molar-refractivity contribution in [3.05, 3.63) is 118 Å². The smallest absolute Gasteiger partial charge is 0.260 e. The molecule has 0 aliphatic carbocycles. The van der Waals surface area contributed by atoms with E-state index < -0.39 is 11.7 Å². The van der Waals surface area contributed by atoms with Crippen molar-refractivity contribution in [1.82, 2.24) is 4.57 Å². The van der Waals surface area contributed by atoms with Crippen molar-refractivity contribution < 1.29 is 14.0 Å². The van der Waals surface area contributed by atoms with Gasteiger partial charge in [-0.3, -0.25) is 9.59 Å². The fraction of sp³-hybridized carbons (Fsp3) is 0.111. The largest absolute Gasteiger partial charge is 0.345 e. The predicted molar refractivity (Wildman–Crippen MR) is 131 cm³/mol. The van der Waals surface area contributed by atoms with Crippen LogP contribution in [-0.4, -0.2) is 16.4 Å². The summed E-state index contributed by atoms with van der Waals surface area (Å²) >= 11 is 6.51. The zero-order valence-electron chi connectivity index (χ0n) is 18.4. The van der Waals surface area contributed by atoms with Crippen LogP contribution >= 0.6 is 11.6 Å². The predicted octanol–water partition coefficient (Wildman–Crippen LogP) is 6.05. The fourth-order valence-electron chi connectivity index (χ4n) is 4.22. The van der Waals surface area contributed by atoms with Gasteiger partial charge in [-0.2, -0.15) is 0 Å². The van der Waals surface area contributed by atoms with Crippen LogP contribution in [0.3, 0.4) is 0 Å². The number of hydrogen-bond donors (Lipinski definition) is 1. The van der Waals surface area contributed by atoms with Gasteiger partial charge in [-0.15, -0.1) is 0 Å². The second kappa shape index (κ2) is 8.80. The first kappa shape index (κ1) is 21.9. The lowest BCUT2D eigenvalue weighted by Crippen LogP contribution is -2.30. The Morgan fingerprint density at radius 1 is 1.03 bits per heavy atom. The number of para-hydroxylation sites is 1. The Balaban J connectivity index is 1.43. The van der Waals surface area contributed by atoms with Gasteiger partial charge in [-0.1, -0.05) is 35.9 Å². The Morgan fingerprint density at radius 3 is 2.68 bits per heavy atom. The standard InChI is InChI=1S/C27H21ClFN3O2/c1-17-8-9-19(29)13-23(17)26(33)30-20-10-11-22(24(28)14-20)27(34)32-16-21-6-4-12-31(21)15-18-5-2-3-7-25(18)32/h2-14H,15-16H2,1H3,(H,30,33)/i26+2. The minimum absolute atomic E-state index is 0.218. The molecule has 0 spiro atoms. The third kappa shape index (κ3) is 4.08. The lowest BCUT2D eigenvalue weighted by atomic mass is 10.1.